The normalized spacial score (nSPS) is 11.0. The third kappa shape index (κ3) is 18.5. The predicted molar refractivity (Wildman–Crippen MR) is 82.9 cm³/mol. The van der Waals surface area contributed by atoms with Crippen molar-refractivity contribution in [3.8, 4) is 0 Å². The van der Waals surface area contributed by atoms with Gasteiger partial charge in [-0.3, -0.25) is 0 Å². The van der Waals surface area contributed by atoms with Gasteiger partial charge in [0.05, 0.1) is 59.5 Å². The molecule has 0 atom stereocenters. The molecule has 0 aromatic carbocycles. The van der Waals surface area contributed by atoms with Crippen LogP contribution in [0, 0.1) is 0 Å². The lowest BCUT2D eigenvalue weighted by atomic mass is 10.5. The summed E-state index contributed by atoms with van der Waals surface area (Å²) in [4.78, 5) is 21.2. The van der Waals surface area contributed by atoms with Gasteiger partial charge in [-0.05, 0) is 0 Å². The van der Waals surface area contributed by atoms with Gasteiger partial charge in [0, 0.05) is 19.3 Å². The molecule has 24 heavy (non-hydrogen) atoms. The van der Waals surface area contributed by atoms with Crippen molar-refractivity contribution in [3.05, 3.63) is 12.2 Å². The standard InChI is InChI=1S/C15H26O9/c1-19-4-5-20-6-7-21-8-9-22-10-11-23-12-13-24-15(18)3-2-14(16)17/h2-3H,4-13H2,1H3,(H,16,17)/b3-2-. The van der Waals surface area contributed by atoms with Crippen molar-refractivity contribution in [2.24, 2.45) is 0 Å². The molecule has 0 aliphatic carbocycles. The minimum atomic E-state index is -1.21. The first-order valence-corrected chi connectivity index (χ1v) is 7.54. The van der Waals surface area contributed by atoms with Gasteiger partial charge in [-0.1, -0.05) is 0 Å². The van der Waals surface area contributed by atoms with Crippen LogP contribution in [-0.4, -0.2) is 90.2 Å². The minimum absolute atomic E-state index is 0.0506. The molecular weight excluding hydrogens is 324 g/mol. The summed E-state index contributed by atoms with van der Waals surface area (Å²) in [5.74, 6) is -1.93. The number of methoxy groups -OCH3 is 1. The van der Waals surface area contributed by atoms with E-state index in [2.05, 4.69) is 0 Å². The van der Waals surface area contributed by atoms with Crippen LogP contribution < -0.4 is 0 Å². The van der Waals surface area contributed by atoms with Crippen LogP contribution in [0.15, 0.2) is 12.2 Å². The molecule has 0 aromatic heterocycles. The molecule has 140 valence electrons. The van der Waals surface area contributed by atoms with E-state index in [1.165, 1.54) is 0 Å². The van der Waals surface area contributed by atoms with Crippen LogP contribution in [0.4, 0.5) is 0 Å². The van der Waals surface area contributed by atoms with Gasteiger partial charge in [0.25, 0.3) is 0 Å². The van der Waals surface area contributed by atoms with Crippen LogP contribution in [0.5, 0.6) is 0 Å². The van der Waals surface area contributed by atoms with E-state index in [0.717, 1.165) is 6.08 Å². The van der Waals surface area contributed by atoms with Crippen molar-refractivity contribution < 1.29 is 43.1 Å². The monoisotopic (exact) mass is 350 g/mol. The van der Waals surface area contributed by atoms with Gasteiger partial charge < -0.3 is 33.5 Å². The Labute approximate surface area is 141 Å². The Bertz CT molecular complexity index is 344. The van der Waals surface area contributed by atoms with Crippen LogP contribution in [-0.2, 0) is 38.0 Å². The van der Waals surface area contributed by atoms with Gasteiger partial charge >= 0.3 is 11.9 Å². The summed E-state index contributed by atoms with van der Waals surface area (Å²) in [6, 6.07) is 0. The molecule has 0 fully saturated rings. The number of carbonyl (C=O) groups excluding carboxylic acids is 1. The zero-order valence-corrected chi connectivity index (χ0v) is 13.9. The number of ether oxygens (including phenoxy) is 6. The molecule has 0 bridgehead atoms. The largest absolute Gasteiger partial charge is 0.478 e. The highest BCUT2D eigenvalue weighted by Crippen LogP contribution is 1.86. The fraction of sp³-hybridized carbons (Fsp3) is 0.733. The summed E-state index contributed by atoms with van der Waals surface area (Å²) in [6.45, 7) is 4.11. The van der Waals surface area contributed by atoms with Crippen molar-refractivity contribution in [2.75, 3.05) is 73.2 Å². The van der Waals surface area contributed by atoms with E-state index in [1.807, 2.05) is 0 Å². The van der Waals surface area contributed by atoms with E-state index in [4.69, 9.17) is 33.5 Å². The molecule has 0 aromatic rings. The van der Waals surface area contributed by atoms with Gasteiger partial charge in [0.2, 0.25) is 0 Å². The molecule has 9 heteroatoms. The number of carboxylic acid groups (broad SMARTS) is 1. The van der Waals surface area contributed by atoms with Gasteiger partial charge in [0.15, 0.2) is 0 Å². The van der Waals surface area contributed by atoms with Crippen molar-refractivity contribution >= 4 is 11.9 Å². The summed E-state index contributed by atoms with van der Waals surface area (Å²) < 4.78 is 30.5. The van der Waals surface area contributed by atoms with Gasteiger partial charge in [-0.2, -0.15) is 0 Å². The van der Waals surface area contributed by atoms with Crippen LogP contribution in [0.1, 0.15) is 0 Å². The summed E-state index contributed by atoms with van der Waals surface area (Å²) in [5, 5.41) is 8.31. The highest BCUT2D eigenvalue weighted by molar-refractivity contribution is 5.90. The van der Waals surface area contributed by atoms with Crippen molar-refractivity contribution in [1.82, 2.24) is 0 Å². The number of hydrogen-bond donors (Lipinski definition) is 1. The second-order valence-corrected chi connectivity index (χ2v) is 4.28. The lowest BCUT2D eigenvalue weighted by Crippen LogP contribution is -2.14. The first-order chi connectivity index (χ1) is 11.7. The number of rotatable bonds is 17. The third-order valence-corrected chi connectivity index (χ3v) is 2.38. The third-order valence-electron chi connectivity index (χ3n) is 2.38. The second-order valence-electron chi connectivity index (χ2n) is 4.28. The Kier molecular flexibility index (Phi) is 16.7. The number of hydrogen-bond acceptors (Lipinski definition) is 8. The summed E-state index contributed by atoms with van der Waals surface area (Å²) in [6.07, 6.45) is 1.55. The van der Waals surface area contributed by atoms with Crippen molar-refractivity contribution in [3.63, 3.8) is 0 Å². The highest BCUT2D eigenvalue weighted by Gasteiger charge is 1.98. The quantitative estimate of drug-likeness (QED) is 0.218. The minimum Gasteiger partial charge on any atom is -0.478 e. The van der Waals surface area contributed by atoms with Crippen LogP contribution in [0.2, 0.25) is 0 Å². The van der Waals surface area contributed by atoms with Gasteiger partial charge in [-0.25, -0.2) is 9.59 Å². The van der Waals surface area contributed by atoms with Crippen molar-refractivity contribution in [2.45, 2.75) is 0 Å². The van der Waals surface area contributed by atoms with Crippen molar-refractivity contribution in [1.29, 1.82) is 0 Å². The smallest absolute Gasteiger partial charge is 0.331 e. The van der Waals surface area contributed by atoms with E-state index in [9.17, 15) is 9.59 Å². The molecule has 0 heterocycles. The number of carboxylic acids is 1. The number of carbonyl (C=O) groups is 2. The molecule has 0 unspecified atom stereocenters. The number of aliphatic carboxylic acids is 1. The van der Waals surface area contributed by atoms with E-state index in [1.54, 1.807) is 7.11 Å². The Morgan fingerprint density at radius 1 is 0.708 bits per heavy atom. The molecule has 0 amide bonds. The van der Waals surface area contributed by atoms with E-state index in [-0.39, 0.29) is 13.2 Å². The molecule has 0 rings (SSSR count). The molecular formula is C15H26O9. The zero-order valence-electron chi connectivity index (χ0n) is 13.9. The highest BCUT2D eigenvalue weighted by atomic mass is 16.6. The van der Waals surface area contributed by atoms with Gasteiger partial charge in [0.1, 0.15) is 6.61 Å². The van der Waals surface area contributed by atoms with E-state index in [0.29, 0.717) is 58.9 Å². The summed E-state index contributed by atoms with van der Waals surface area (Å²) >= 11 is 0. The topological polar surface area (TPSA) is 110 Å². The first kappa shape index (κ1) is 22.5. The number of esters is 1. The Balaban J connectivity index is 3.15. The average molecular weight is 350 g/mol. The van der Waals surface area contributed by atoms with Crippen LogP contribution in [0.3, 0.4) is 0 Å². The summed E-state index contributed by atoms with van der Waals surface area (Å²) in [7, 11) is 1.62. The van der Waals surface area contributed by atoms with E-state index >= 15 is 0 Å². The second kappa shape index (κ2) is 17.8. The SMILES string of the molecule is COCCOCCOCCOCCOCCOC(=O)/C=C\C(=O)O. The Morgan fingerprint density at radius 2 is 1.12 bits per heavy atom. The molecule has 0 saturated heterocycles. The molecule has 0 aliphatic rings. The fourth-order valence-electron chi connectivity index (χ4n) is 1.29. The zero-order chi connectivity index (χ0) is 17.9. The lowest BCUT2D eigenvalue weighted by Gasteiger charge is -2.07. The molecule has 0 saturated carbocycles. The Morgan fingerprint density at radius 3 is 1.54 bits per heavy atom. The molecule has 0 aliphatic heterocycles. The maximum absolute atomic E-state index is 11.0. The molecule has 9 nitrogen and oxygen atoms in total. The molecule has 1 N–H and O–H groups in total. The van der Waals surface area contributed by atoms with Crippen LogP contribution in [0.25, 0.3) is 0 Å². The van der Waals surface area contributed by atoms with E-state index < -0.39 is 11.9 Å². The lowest BCUT2D eigenvalue weighted by molar-refractivity contribution is -0.140. The summed E-state index contributed by atoms with van der Waals surface area (Å²) in [5.41, 5.74) is 0. The molecule has 0 spiro atoms. The van der Waals surface area contributed by atoms with Crippen LogP contribution >= 0.6 is 0 Å². The van der Waals surface area contributed by atoms with Gasteiger partial charge in [-0.15, -0.1) is 0 Å². The average Bonchev–Trinajstić information content (AvgIpc) is 2.56. The maximum Gasteiger partial charge on any atom is 0.331 e. The maximum atomic E-state index is 11.0. The molecule has 0 radical (unpaired) electrons. The fourth-order valence-corrected chi connectivity index (χ4v) is 1.29. The Hall–Kier alpha value is -1.52. The predicted octanol–water partition coefficient (Wildman–Crippen LogP) is -0.117. The first-order valence-electron chi connectivity index (χ1n) is 7.54.